The fraction of sp³-hybridized carbons (Fsp3) is 0.379. The van der Waals surface area contributed by atoms with Crippen molar-refractivity contribution in [3.63, 3.8) is 0 Å². The Morgan fingerprint density at radius 1 is 1.05 bits per heavy atom. The van der Waals surface area contributed by atoms with E-state index in [1.807, 2.05) is 62.4 Å². The third kappa shape index (κ3) is 4.82. The molecule has 9 heteroatoms. The van der Waals surface area contributed by atoms with Crippen LogP contribution < -0.4 is 14.8 Å². The molecule has 38 heavy (non-hydrogen) atoms. The number of fused-ring (bicyclic) bond motifs is 2. The van der Waals surface area contributed by atoms with Gasteiger partial charge in [-0.2, -0.15) is 0 Å². The average Bonchev–Trinajstić information content (AvgIpc) is 3.29. The highest BCUT2D eigenvalue weighted by molar-refractivity contribution is 7.92. The predicted molar refractivity (Wildman–Crippen MR) is 153 cm³/mol. The Hall–Kier alpha value is -3.59. The SMILES string of the molecule is CCS(=O)(=O)N1c2c(C)cc(OC3CCN(C(C)=N)CC3)cc2CC1c1ccc2ccc(C(=N)N)cc2c1. The van der Waals surface area contributed by atoms with Crippen LogP contribution in [0.4, 0.5) is 5.69 Å². The van der Waals surface area contributed by atoms with Crippen LogP contribution in [0.5, 0.6) is 5.75 Å². The molecule has 1 fully saturated rings. The van der Waals surface area contributed by atoms with E-state index >= 15 is 0 Å². The number of aryl methyl sites for hydroxylation is 1. The second kappa shape index (κ2) is 9.94. The molecule has 3 aromatic carbocycles. The van der Waals surface area contributed by atoms with Gasteiger partial charge in [0.2, 0.25) is 10.0 Å². The normalized spacial score (nSPS) is 18.0. The highest BCUT2D eigenvalue weighted by Crippen LogP contribution is 2.46. The predicted octanol–water partition coefficient (Wildman–Crippen LogP) is 4.73. The van der Waals surface area contributed by atoms with Crippen molar-refractivity contribution in [2.24, 2.45) is 5.73 Å². The standard InChI is InChI=1S/C29H35N5O3S/c1-4-38(35,36)34-27(21-7-5-20-6-8-22(29(31)32)15-23(20)14-21)17-24-16-26(13-18(2)28(24)34)37-25-9-11-33(12-10-25)19(3)30/h5-8,13-16,25,27,30H,4,9-12,17H2,1-3H3,(H3,31,32). The van der Waals surface area contributed by atoms with Crippen LogP contribution in [0.3, 0.4) is 0 Å². The zero-order valence-corrected chi connectivity index (χ0v) is 22.9. The topological polar surface area (TPSA) is 124 Å². The summed E-state index contributed by atoms with van der Waals surface area (Å²) in [5.74, 6) is 1.37. The van der Waals surface area contributed by atoms with Gasteiger partial charge in [0.1, 0.15) is 17.7 Å². The fourth-order valence-corrected chi connectivity index (χ4v) is 7.07. The Balaban J connectivity index is 1.49. The minimum Gasteiger partial charge on any atom is -0.490 e. The second-order valence-corrected chi connectivity index (χ2v) is 12.4. The van der Waals surface area contributed by atoms with E-state index in [1.165, 1.54) is 0 Å². The van der Waals surface area contributed by atoms with Crippen LogP contribution in [0.15, 0.2) is 48.5 Å². The number of anilines is 1. The van der Waals surface area contributed by atoms with E-state index in [4.69, 9.17) is 21.3 Å². The number of benzene rings is 3. The molecule has 1 saturated heterocycles. The van der Waals surface area contributed by atoms with Gasteiger partial charge < -0.3 is 15.4 Å². The Labute approximate surface area is 224 Å². The first-order chi connectivity index (χ1) is 18.1. The largest absolute Gasteiger partial charge is 0.490 e. The molecule has 0 spiro atoms. The van der Waals surface area contributed by atoms with E-state index in [9.17, 15) is 8.42 Å². The van der Waals surface area contributed by atoms with Gasteiger partial charge in [0, 0.05) is 37.9 Å². The Morgan fingerprint density at radius 3 is 2.42 bits per heavy atom. The molecule has 3 aromatic rings. The van der Waals surface area contributed by atoms with E-state index in [2.05, 4.69) is 4.90 Å². The first-order valence-corrected chi connectivity index (χ1v) is 14.7. The van der Waals surface area contributed by atoms with E-state index in [-0.39, 0.29) is 23.7 Å². The van der Waals surface area contributed by atoms with Gasteiger partial charge in [-0.3, -0.25) is 15.1 Å². The molecular weight excluding hydrogens is 498 g/mol. The Morgan fingerprint density at radius 2 is 1.76 bits per heavy atom. The van der Waals surface area contributed by atoms with Crippen molar-refractivity contribution >= 4 is 38.2 Å². The molecule has 1 unspecified atom stereocenters. The number of nitrogens with one attached hydrogen (secondary N) is 2. The number of hydrogen-bond donors (Lipinski definition) is 3. The quantitative estimate of drug-likeness (QED) is 0.312. The maximum absolute atomic E-state index is 13.4. The maximum Gasteiger partial charge on any atom is 0.235 e. The zero-order chi connectivity index (χ0) is 27.2. The Bertz CT molecular complexity index is 1530. The van der Waals surface area contributed by atoms with E-state index in [1.54, 1.807) is 11.2 Å². The molecule has 0 radical (unpaired) electrons. The third-order valence-corrected chi connectivity index (χ3v) is 9.48. The van der Waals surface area contributed by atoms with Crippen LogP contribution in [0, 0.1) is 17.7 Å². The van der Waals surface area contributed by atoms with Crippen LogP contribution >= 0.6 is 0 Å². The lowest BCUT2D eigenvalue weighted by Gasteiger charge is -2.33. The smallest absolute Gasteiger partial charge is 0.235 e. The molecule has 2 aliphatic rings. The van der Waals surface area contributed by atoms with Crippen LogP contribution in [0.1, 0.15) is 55.0 Å². The second-order valence-electron chi connectivity index (χ2n) is 10.3. The summed E-state index contributed by atoms with van der Waals surface area (Å²) in [4.78, 5) is 2.06. The minimum absolute atomic E-state index is 0.00236. The van der Waals surface area contributed by atoms with Crippen molar-refractivity contribution in [2.45, 2.75) is 52.2 Å². The van der Waals surface area contributed by atoms with Crippen molar-refractivity contribution in [3.8, 4) is 5.75 Å². The van der Waals surface area contributed by atoms with Gasteiger partial charge in [-0.1, -0.05) is 24.3 Å². The average molecular weight is 534 g/mol. The highest BCUT2D eigenvalue weighted by atomic mass is 32.2. The molecule has 0 amide bonds. The summed E-state index contributed by atoms with van der Waals surface area (Å²) in [7, 11) is -3.55. The van der Waals surface area contributed by atoms with Gasteiger partial charge >= 0.3 is 0 Å². The summed E-state index contributed by atoms with van der Waals surface area (Å²) in [6.45, 7) is 7.06. The lowest BCUT2D eigenvalue weighted by Crippen LogP contribution is -2.40. The number of nitrogens with zero attached hydrogens (tertiary/aromatic N) is 2. The summed E-state index contributed by atoms with van der Waals surface area (Å²) in [6.07, 6.45) is 2.33. The number of hydrogen-bond acceptors (Lipinski definition) is 5. The van der Waals surface area contributed by atoms with Gasteiger partial charge in [0.05, 0.1) is 23.3 Å². The molecule has 0 bridgehead atoms. The van der Waals surface area contributed by atoms with Gasteiger partial charge in [0.25, 0.3) is 0 Å². The molecule has 200 valence electrons. The van der Waals surface area contributed by atoms with Crippen molar-refractivity contribution in [3.05, 3.63) is 70.8 Å². The molecule has 2 heterocycles. The first kappa shape index (κ1) is 26.0. The molecule has 0 aromatic heterocycles. The summed E-state index contributed by atoms with van der Waals surface area (Å²) in [5, 5.41) is 17.6. The monoisotopic (exact) mass is 533 g/mol. The molecule has 0 saturated carbocycles. The van der Waals surface area contributed by atoms with E-state index in [0.29, 0.717) is 17.8 Å². The zero-order valence-electron chi connectivity index (χ0n) is 22.1. The van der Waals surface area contributed by atoms with Crippen molar-refractivity contribution in [2.75, 3.05) is 23.1 Å². The number of nitrogens with two attached hydrogens (primary N) is 1. The molecule has 1 atom stereocenters. The minimum atomic E-state index is -3.55. The lowest BCUT2D eigenvalue weighted by atomic mass is 9.98. The molecule has 4 N–H and O–H groups in total. The molecule has 5 rings (SSSR count). The molecule has 8 nitrogen and oxygen atoms in total. The number of sulfonamides is 1. The van der Waals surface area contributed by atoms with Crippen LogP contribution in [-0.2, 0) is 16.4 Å². The van der Waals surface area contributed by atoms with E-state index < -0.39 is 10.0 Å². The molecule has 0 aliphatic carbocycles. The van der Waals surface area contributed by atoms with Crippen molar-refractivity contribution < 1.29 is 13.2 Å². The summed E-state index contributed by atoms with van der Waals surface area (Å²) in [6, 6.07) is 15.2. The van der Waals surface area contributed by atoms with E-state index in [0.717, 1.165) is 64.8 Å². The van der Waals surface area contributed by atoms with Gasteiger partial charge in [-0.25, -0.2) is 8.42 Å². The highest BCUT2D eigenvalue weighted by Gasteiger charge is 2.39. The first-order valence-electron chi connectivity index (χ1n) is 13.1. The summed E-state index contributed by atoms with van der Waals surface area (Å²) in [5.41, 5.74) is 9.85. The number of likely N-dealkylation sites (tertiary alicyclic amines) is 1. The maximum atomic E-state index is 13.4. The number of nitrogen functional groups attached to an aromatic ring is 1. The molecular formula is C29H35N5O3S. The van der Waals surface area contributed by atoms with Gasteiger partial charge in [-0.05, 0) is 72.5 Å². The number of piperidine rings is 1. The van der Waals surface area contributed by atoms with Crippen LogP contribution in [0.25, 0.3) is 10.8 Å². The van der Waals surface area contributed by atoms with Crippen molar-refractivity contribution in [1.29, 1.82) is 10.8 Å². The fourth-order valence-electron chi connectivity index (χ4n) is 5.67. The summed E-state index contributed by atoms with van der Waals surface area (Å²) >= 11 is 0. The Kier molecular flexibility index (Phi) is 6.81. The number of rotatable bonds is 6. The number of amidine groups is 2. The third-order valence-electron chi connectivity index (χ3n) is 7.71. The summed E-state index contributed by atoms with van der Waals surface area (Å²) < 4.78 is 34.8. The van der Waals surface area contributed by atoms with Crippen LogP contribution in [-0.4, -0.2) is 49.9 Å². The van der Waals surface area contributed by atoms with Crippen molar-refractivity contribution in [1.82, 2.24) is 4.90 Å². The van der Waals surface area contributed by atoms with Gasteiger partial charge in [0.15, 0.2) is 0 Å². The lowest BCUT2D eigenvalue weighted by molar-refractivity contribution is 0.130. The van der Waals surface area contributed by atoms with Crippen LogP contribution in [0.2, 0.25) is 0 Å². The number of ether oxygens (including phenoxy) is 1. The molecule has 2 aliphatic heterocycles. The van der Waals surface area contributed by atoms with Gasteiger partial charge in [-0.15, -0.1) is 0 Å².